The molecule has 0 aliphatic rings. The number of rotatable bonds is 0. The van der Waals surface area contributed by atoms with E-state index in [1.165, 1.54) is 0 Å². The molecule has 0 atom stereocenters. The highest BCUT2D eigenvalue weighted by Crippen LogP contribution is 2.13. The fourth-order valence-electron chi connectivity index (χ4n) is 0.873. The quantitative estimate of drug-likeness (QED) is 0.612. The second kappa shape index (κ2) is 2.16. The van der Waals surface area contributed by atoms with Gasteiger partial charge in [0.1, 0.15) is 0 Å². The van der Waals surface area contributed by atoms with Gasteiger partial charge >= 0.3 is 5.65 Å². The molecule has 5 nitrogen and oxygen atoms in total. The lowest BCUT2D eigenvalue weighted by molar-refractivity contribution is -0.347. The van der Waals surface area contributed by atoms with Gasteiger partial charge in [-0.3, -0.25) is 4.98 Å². The Hall–Kier alpha value is -1.17. The zero-order valence-electron chi connectivity index (χ0n) is 5.43. The van der Waals surface area contributed by atoms with Gasteiger partial charge in [0.2, 0.25) is 5.52 Å². The molecule has 0 amide bonds. The van der Waals surface area contributed by atoms with Crippen LogP contribution in [-0.4, -0.2) is 15.0 Å². The van der Waals surface area contributed by atoms with E-state index in [4.69, 9.17) is 5.73 Å². The number of hydrogen-bond acceptors (Lipinski definition) is 3. The van der Waals surface area contributed by atoms with Crippen molar-refractivity contribution in [3.63, 3.8) is 0 Å². The topological polar surface area (TPSA) is 81.7 Å². The first-order valence-electron chi connectivity index (χ1n) is 2.95. The molecule has 0 bridgehead atoms. The van der Waals surface area contributed by atoms with Crippen molar-refractivity contribution < 1.29 is 4.98 Å². The summed E-state index contributed by atoms with van der Waals surface area (Å²) in [6, 6.07) is 0. The van der Waals surface area contributed by atoms with E-state index < -0.39 is 0 Å². The lowest BCUT2D eigenvalue weighted by Crippen LogP contribution is -2.00. The number of imidazole rings is 1. The maximum Gasteiger partial charge on any atom is 0.306 e. The molecule has 0 saturated heterocycles. The predicted molar refractivity (Wildman–Crippen MR) is 42.6 cm³/mol. The Kier molecular flexibility index (Phi) is 1.28. The Labute approximate surface area is 70.2 Å². The van der Waals surface area contributed by atoms with Gasteiger partial charge in [0, 0.05) is 15.9 Å². The molecule has 4 N–H and O–H groups in total. The molecule has 0 spiro atoms. The van der Waals surface area contributed by atoms with E-state index in [1.54, 1.807) is 6.33 Å². The molecule has 11 heavy (non-hydrogen) atoms. The minimum atomic E-state index is 0.433. The van der Waals surface area contributed by atoms with Crippen LogP contribution in [0.5, 0.6) is 0 Å². The molecule has 56 valence electrons. The molecule has 6 heteroatoms. The van der Waals surface area contributed by atoms with Gasteiger partial charge < -0.3 is 5.73 Å². The van der Waals surface area contributed by atoms with Crippen molar-refractivity contribution in [2.75, 3.05) is 5.73 Å². The van der Waals surface area contributed by atoms with Crippen LogP contribution < -0.4 is 10.7 Å². The molecule has 0 aliphatic heterocycles. The summed E-state index contributed by atoms with van der Waals surface area (Å²) in [6.07, 6.45) is 1.65. The standard InChI is InChI=1S/C5H4BrN5/c6-5-10-3(7)2-4(11-5)9-1-8-2/h1H,(H3,7,8,9,10,11)/p+1. The lowest BCUT2D eigenvalue weighted by Gasteiger charge is -1.87. The van der Waals surface area contributed by atoms with Crippen LogP contribution in [-0.2, 0) is 0 Å². The van der Waals surface area contributed by atoms with Gasteiger partial charge in [-0.2, -0.15) is 4.98 Å². The second-order valence-corrected chi connectivity index (χ2v) is 2.74. The number of aromatic nitrogens is 4. The number of H-pyrrole nitrogens is 2. The van der Waals surface area contributed by atoms with Gasteiger partial charge in [-0.05, 0) is 0 Å². The molecule has 0 aliphatic carbocycles. The molecule has 2 heterocycles. The first-order chi connectivity index (χ1) is 5.27. The Bertz CT molecular complexity index is 395. The SMILES string of the molecule is Nc1nc(Br)nc2[nH+]c[nH]c12. The molecular formula is C5H5BrN5+. The monoisotopic (exact) mass is 214 g/mol. The molecule has 2 aromatic heterocycles. The van der Waals surface area contributed by atoms with Crippen LogP contribution in [0.25, 0.3) is 11.2 Å². The summed E-state index contributed by atoms with van der Waals surface area (Å²) in [5.41, 5.74) is 7.00. The average Bonchev–Trinajstić information content (AvgIpc) is 2.34. The van der Waals surface area contributed by atoms with Crippen molar-refractivity contribution in [1.82, 2.24) is 15.0 Å². The zero-order chi connectivity index (χ0) is 7.84. The highest BCUT2D eigenvalue weighted by molar-refractivity contribution is 9.10. The summed E-state index contributed by atoms with van der Waals surface area (Å²) in [7, 11) is 0. The number of anilines is 1. The van der Waals surface area contributed by atoms with Crippen LogP contribution in [0.4, 0.5) is 5.82 Å². The van der Waals surface area contributed by atoms with Gasteiger partial charge in [-0.25, -0.2) is 4.98 Å². The van der Waals surface area contributed by atoms with Crippen molar-refractivity contribution in [2.45, 2.75) is 0 Å². The van der Waals surface area contributed by atoms with Gasteiger partial charge in [-0.1, -0.05) is 4.98 Å². The summed E-state index contributed by atoms with van der Waals surface area (Å²) < 4.78 is 0.485. The van der Waals surface area contributed by atoms with Crippen molar-refractivity contribution in [2.24, 2.45) is 0 Å². The van der Waals surface area contributed by atoms with Crippen molar-refractivity contribution >= 4 is 32.9 Å². The van der Waals surface area contributed by atoms with E-state index in [9.17, 15) is 0 Å². The summed E-state index contributed by atoms with van der Waals surface area (Å²) in [6.45, 7) is 0. The largest absolute Gasteiger partial charge is 0.380 e. The smallest absolute Gasteiger partial charge is 0.306 e. The molecule has 0 unspecified atom stereocenters. The fraction of sp³-hybridized carbons (Fsp3) is 0. The summed E-state index contributed by atoms with van der Waals surface area (Å²) in [5, 5.41) is 0. The normalized spacial score (nSPS) is 10.6. The van der Waals surface area contributed by atoms with Crippen molar-refractivity contribution in [3.8, 4) is 0 Å². The summed E-state index contributed by atoms with van der Waals surface area (Å²) >= 11 is 3.13. The predicted octanol–water partition coefficient (Wildman–Crippen LogP) is 0.117. The third kappa shape index (κ3) is 0.949. The third-order valence-corrected chi connectivity index (χ3v) is 1.69. The van der Waals surface area contributed by atoms with Gasteiger partial charge in [0.25, 0.3) is 4.73 Å². The Balaban J connectivity index is 2.91. The number of aromatic amines is 2. The number of nitrogen functional groups attached to an aromatic ring is 1. The maximum atomic E-state index is 5.57. The lowest BCUT2D eigenvalue weighted by atomic mass is 10.5. The van der Waals surface area contributed by atoms with E-state index in [1.807, 2.05) is 0 Å². The third-order valence-electron chi connectivity index (χ3n) is 1.34. The molecule has 0 fully saturated rings. The van der Waals surface area contributed by atoms with E-state index in [0.29, 0.717) is 16.2 Å². The van der Waals surface area contributed by atoms with Crippen LogP contribution in [0, 0.1) is 0 Å². The van der Waals surface area contributed by atoms with E-state index >= 15 is 0 Å². The highest BCUT2D eigenvalue weighted by atomic mass is 79.9. The highest BCUT2D eigenvalue weighted by Gasteiger charge is 2.10. The average molecular weight is 215 g/mol. The number of hydrogen-bond donors (Lipinski definition) is 2. The van der Waals surface area contributed by atoms with Crippen LogP contribution in [0.2, 0.25) is 0 Å². The van der Waals surface area contributed by atoms with Crippen LogP contribution in [0.1, 0.15) is 0 Å². The maximum absolute atomic E-state index is 5.57. The van der Waals surface area contributed by atoms with E-state index in [2.05, 4.69) is 35.9 Å². The fourth-order valence-corrected chi connectivity index (χ4v) is 1.24. The summed E-state index contributed by atoms with van der Waals surface area (Å²) in [5.74, 6) is 0.433. The number of nitrogens with two attached hydrogens (primary N) is 1. The molecule has 0 saturated carbocycles. The van der Waals surface area contributed by atoms with E-state index in [-0.39, 0.29) is 0 Å². The van der Waals surface area contributed by atoms with Gasteiger partial charge in [-0.15, -0.1) is 0 Å². The first kappa shape index (κ1) is 6.53. The van der Waals surface area contributed by atoms with Crippen molar-refractivity contribution in [1.29, 1.82) is 0 Å². The second-order valence-electron chi connectivity index (χ2n) is 2.03. The van der Waals surface area contributed by atoms with Gasteiger partial charge in [0.15, 0.2) is 12.1 Å². The summed E-state index contributed by atoms with van der Waals surface area (Å²) in [4.78, 5) is 13.7. The van der Waals surface area contributed by atoms with Crippen LogP contribution >= 0.6 is 15.9 Å². The van der Waals surface area contributed by atoms with Gasteiger partial charge in [0.05, 0.1) is 0 Å². The molecule has 2 rings (SSSR count). The molecule has 2 aromatic rings. The minimum Gasteiger partial charge on any atom is -0.380 e. The number of nitrogens with zero attached hydrogens (tertiary/aromatic N) is 2. The number of fused-ring (bicyclic) bond motifs is 1. The molecule has 0 radical (unpaired) electrons. The Morgan fingerprint density at radius 2 is 2.36 bits per heavy atom. The zero-order valence-corrected chi connectivity index (χ0v) is 7.01. The minimum absolute atomic E-state index is 0.433. The number of halogens is 1. The van der Waals surface area contributed by atoms with Crippen LogP contribution in [0.3, 0.4) is 0 Å². The van der Waals surface area contributed by atoms with E-state index in [0.717, 1.165) is 5.52 Å². The number of nitrogens with one attached hydrogen (secondary N) is 2. The van der Waals surface area contributed by atoms with Crippen molar-refractivity contribution in [3.05, 3.63) is 11.1 Å². The van der Waals surface area contributed by atoms with Crippen LogP contribution in [0.15, 0.2) is 11.1 Å². The Morgan fingerprint density at radius 3 is 3.18 bits per heavy atom. The first-order valence-corrected chi connectivity index (χ1v) is 3.74. The molecular weight excluding hydrogens is 210 g/mol. The Morgan fingerprint density at radius 1 is 1.55 bits per heavy atom. The molecule has 0 aromatic carbocycles.